The number of hydrogen-bond acceptors (Lipinski definition) is 3. The quantitative estimate of drug-likeness (QED) is 0.518. The number of para-hydroxylation sites is 1. The van der Waals surface area contributed by atoms with Gasteiger partial charge in [0, 0.05) is 11.0 Å². The molecule has 0 aliphatic carbocycles. The monoisotopic (exact) mass is 202 g/mol. The summed E-state index contributed by atoms with van der Waals surface area (Å²) >= 11 is 1.32. The summed E-state index contributed by atoms with van der Waals surface area (Å²) in [6, 6.07) is 9.35. The van der Waals surface area contributed by atoms with Gasteiger partial charge < -0.3 is 5.32 Å². The van der Waals surface area contributed by atoms with Crippen LogP contribution in [0.4, 0.5) is 5.69 Å². The van der Waals surface area contributed by atoms with Crippen molar-refractivity contribution >= 4 is 23.4 Å². The fraction of sp³-hybridized carbons (Fsp3) is 0. The van der Waals surface area contributed by atoms with Gasteiger partial charge in [-0.05, 0) is 12.1 Å². The van der Waals surface area contributed by atoms with Gasteiger partial charge in [0.25, 0.3) is 5.91 Å². The van der Waals surface area contributed by atoms with Gasteiger partial charge in [0.1, 0.15) is 0 Å². The number of carbonyl (C=O) groups excluding carboxylic acids is 1. The van der Waals surface area contributed by atoms with Crippen LogP contribution in [0, 0.1) is 11.3 Å². The maximum atomic E-state index is 11.4. The number of allylic oxidation sites excluding steroid dienone is 1. The third-order valence-corrected chi connectivity index (χ3v) is 2.87. The highest BCUT2D eigenvalue weighted by atomic mass is 32.2. The number of hydrogen-bond donors (Lipinski definition) is 1. The Morgan fingerprint density at radius 2 is 2.21 bits per heavy atom. The minimum absolute atomic E-state index is 0.213. The SMILES string of the molecule is N#C/C=C1\Sc2ccccc2NC1=O. The van der Waals surface area contributed by atoms with Gasteiger partial charge in [0.2, 0.25) is 0 Å². The predicted octanol–water partition coefficient (Wildman–Crippen LogP) is 2.14. The molecule has 1 aromatic rings. The number of benzene rings is 1. The number of nitriles is 1. The Labute approximate surface area is 85.4 Å². The molecule has 1 amide bonds. The third kappa shape index (κ3) is 1.50. The van der Waals surface area contributed by atoms with Crippen LogP contribution in [-0.4, -0.2) is 5.91 Å². The van der Waals surface area contributed by atoms with Crippen LogP contribution in [0.2, 0.25) is 0 Å². The first-order valence-corrected chi connectivity index (χ1v) is 4.81. The van der Waals surface area contributed by atoms with Crippen molar-refractivity contribution in [2.24, 2.45) is 0 Å². The number of carbonyl (C=O) groups is 1. The van der Waals surface area contributed by atoms with E-state index in [1.807, 2.05) is 30.3 Å². The molecule has 0 spiro atoms. The standard InChI is InChI=1S/C10H6N2OS/c11-6-5-9-10(13)12-7-3-1-2-4-8(7)14-9/h1-5H,(H,12,13)/b9-5-. The predicted molar refractivity (Wildman–Crippen MR) is 54.6 cm³/mol. The maximum Gasteiger partial charge on any atom is 0.263 e. The molecule has 1 heterocycles. The van der Waals surface area contributed by atoms with Crippen molar-refractivity contribution in [1.82, 2.24) is 0 Å². The van der Waals surface area contributed by atoms with Crippen LogP contribution in [0.25, 0.3) is 0 Å². The summed E-state index contributed by atoms with van der Waals surface area (Å²) in [6.07, 6.45) is 1.26. The second-order valence-electron chi connectivity index (χ2n) is 2.69. The second-order valence-corrected chi connectivity index (χ2v) is 3.77. The van der Waals surface area contributed by atoms with Crippen LogP contribution in [0.15, 0.2) is 40.1 Å². The molecule has 2 rings (SSSR count). The van der Waals surface area contributed by atoms with E-state index in [-0.39, 0.29) is 5.91 Å². The van der Waals surface area contributed by atoms with Gasteiger partial charge in [-0.15, -0.1) is 0 Å². The van der Waals surface area contributed by atoms with Crippen molar-refractivity contribution in [3.63, 3.8) is 0 Å². The lowest BCUT2D eigenvalue weighted by atomic mass is 10.3. The topological polar surface area (TPSA) is 52.9 Å². The smallest absolute Gasteiger partial charge is 0.263 e. The Morgan fingerprint density at radius 1 is 1.43 bits per heavy atom. The first-order valence-electron chi connectivity index (χ1n) is 3.99. The minimum Gasteiger partial charge on any atom is -0.320 e. The summed E-state index contributed by atoms with van der Waals surface area (Å²) in [5.74, 6) is -0.213. The Kier molecular flexibility index (Phi) is 2.25. The number of anilines is 1. The molecular formula is C10H6N2OS. The Morgan fingerprint density at radius 3 is 3.00 bits per heavy atom. The van der Waals surface area contributed by atoms with Crippen LogP contribution >= 0.6 is 11.8 Å². The summed E-state index contributed by atoms with van der Waals surface area (Å²) in [5, 5.41) is 11.2. The highest BCUT2D eigenvalue weighted by molar-refractivity contribution is 8.04. The fourth-order valence-electron chi connectivity index (χ4n) is 1.16. The zero-order valence-corrected chi connectivity index (χ0v) is 7.97. The molecule has 0 bridgehead atoms. The molecule has 0 aromatic heterocycles. The van der Waals surface area contributed by atoms with E-state index in [9.17, 15) is 4.79 Å². The molecule has 0 atom stereocenters. The van der Waals surface area contributed by atoms with E-state index >= 15 is 0 Å². The van der Waals surface area contributed by atoms with Crippen molar-refractivity contribution in [1.29, 1.82) is 5.26 Å². The Hall–Kier alpha value is -1.73. The van der Waals surface area contributed by atoms with E-state index in [2.05, 4.69) is 5.32 Å². The number of fused-ring (bicyclic) bond motifs is 1. The molecule has 0 saturated carbocycles. The molecule has 1 aromatic carbocycles. The van der Waals surface area contributed by atoms with Crippen molar-refractivity contribution < 1.29 is 4.79 Å². The van der Waals surface area contributed by atoms with Crippen LogP contribution in [-0.2, 0) is 4.79 Å². The van der Waals surface area contributed by atoms with Gasteiger partial charge in [-0.1, -0.05) is 23.9 Å². The molecular weight excluding hydrogens is 196 g/mol. The van der Waals surface area contributed by atoms with E-state index in [0.717, 1.165) is 10.6 Å². The summed E-state index contributed by atoms with van der Waals surface area (Å²) in [4.78, 5) is 12.8. The van der Waals surface area contributed by atoms with Gasteiger partial charge in [-0.2, -0.15) is 5.26 Å². The molecule has 0 fully saturated rings. The zero-order valence-electron chi connectivity index (χ0n) is 7.15. The number of thioether (sulfide) groups is 1. The van der Waals surface area contributed by atoms with Gasteiger partial charge in [-0.3, -0.25) is 4.79 Å². The molecule has 3 nitrogen and oxygen atoms in total. The first kappa shape index (κ1) is 8.85. The molecule has 0 radical (unpaired) electrons. The first-order chi connectivity index (χ1) is 6.81. The second kappa shape index (κ2) is 3.56. The number of rotatable bonds is 0. The summed E-state index contributed by atoms with van der Waals surface area (Å²) < 4.78 is 0. The molecule has 1 aliphatic heterocycles. The summed E-state index contributed by atoms with van der Waals surface area (Å²) in [5.41, 5.74) is 0.803. The average molecular weight is 202 g/mol. The van der Waals surface area contributed by atoms with E-state index < -0.39 is 0 Å². The number of amides is 1. The highest BCUT2D eigenvalue weighted by Gasteiger charge is 2.19. The molecule has 0 unspecified atom stereocenters. The maximum absolute atomic E-state index is 11.4. The molecule has 68 valence electrons. The lowest BCUT2D eigenvalue weighted by Gasteiger charge is -2.17. The molecule has 1 N–H and O–H groups in total. The lowest BCUT2D eigenvalue weighted by molar-refractivity contribution is -0.112. The van der Waals surface area contributed by atoms with Gasteiger partial charge in [-0.25, -0.2) is 0 Å². The largest absolute Gasteiger partial charge is 0.320 e. The average Bonchev–Trinajstić information content (AvgIpc) is 2.19. The molecule has 0 saturated heterocycles. The van der Waals surface area contributed by atoms with E-state index in [1.165, 1.54) is 17.8 Å². The van der Waals surface area contributed by atoms with Crippen LogP contribution in [0.1, 0.15) is 0 Å². The molecule has 14 heavy (non-hydrogen) atoms. The number of nitrogens with one attached hydrogen (secondary N) is 1. The number of nitrogens with zero attached hydrogens (tertiary/aromatic N) is 1. The van der Waals surface area contributed by atoms with Crippen molar-refractivity contribution in [3.8, 4) is 6.07 Å². The van der Waals surface area contributed by atoms with Crippen LogP contribution in [0.3, 0.4) is 0 Å². The van der Waals surface area contributed by atoms with E-state index in [4.69, 9.17) is 5.26 Å². The normalized spacial score (nSPS) is 17.1. The fourth-order valence-corrected chi connectivity index (χ4v) is 2.03. The van der Waals surface area contributed by atoms with Crippen LogP contribution < -0.4 is 5.32 Å². The summed E-state index contributed by atoms with van der Waals surface area (Å²) in [7, 11) is 0. The van der Waals surface area contributed by atoms with Crippen molar-refractivity contribution in [2.75, 3.05) is 5.32 Å². The van der Waals surface area contributed by atoms with Gasteiger partial charge in [0.05, 0.1) is 16.7 Å². The Bertz CT molecular complexity index is 459. The Balaban J connectivity index is 2.42. The van der Waals surface area contributed by atoms with E-state index in [1.54, 1.807) is 0 Å². The van der Waals surface area contributed by atoms with E-state index in [0.29, 0.717) is 4.91 Å². The third-order valence-electron chi connectivity index (χ3n) is 1.77. The van der Waals surface area contributed by atoms with Crippen LogP contribution in [0.5, 0.6) is 0 Å². The highest BCUT2D eigenvalue weighted by Crippen LogP contribution is 2.37. The zero-order chi connectivity index (χ0) is 9.97. The van der Waals surface area contributed by atoms with Gasteiger partial charge >= 0.3 is 0 Å². The van der Waals surface area contributed by atoms with Crippen molar-refractivity contribution in [3.05, 3.63) is 35.2 Å². The van der Waals surface area contributed by atoms with Gasteiger partial charge in [0.15, 0.2) is 0 Å². The minimum atomic E-state index is -0.213. The lowest BCUT2D eigenvalue weighted by Crippen LogP contribution is -2.16. The molecule has 4 heteroatoms. The molecule has 1 aliphatic rings. The summed E-state index contributed by atoms with van der Waals surface area (Å²) in [6.45, 7) is 0. The van der Waals surface area contributed by atoms with Crippen molar-refractivity contribution in [2.45, 2.75) is 4.90 Å².